The van der Waals surface area contributed by atoms with E-state index in [-0.39, 0.29) is 0 Å². The second-order valence-electron chi connectivity index (χ2n) is 4.93. The van der Waals surface area contributed by atoms with Crippen molar-refractivity contribution in [3.8, 4) is 0 Å². The van der Waals surface area contributed by atoms with Crippen LogP contribution >= 0.6 is 0 Å². The van der Waals surface area contributed by atoms with Crippen LogP contribution in [0.4, 0.5) is 0 Å². The summed E-state index contributed by atoms with van der Waals surface area (Å²) in [5.74, 6) is 0.888. The topological polar surface area (TPSA) is 24.1 Å². The van der Waals surface area contributed by atoms with Gasteiger partial charge in [0.2, 0.25) is 0 Å². The molecule has 2 heteroatoms. The summed E-state index contributed by atoms with van der Waals surface area (Å²) in [6, 6.07) is 1.24. The van der Waals surface area contributed by atoms with Crippen LogP contribution < -0.4 is 10.6 Å². The Morgan fingerprint density at radius 1 is 1.29 bits per heavy atom. The lowest BCUT2D eigenvalue weighted by molar-refractivity contribution is 0.280. The van der Waals surface area contributed by atoms with Gasteiger partial charge in [-0.25, -0.2) is 0 Å². The number of rotatable bonds is 1. The molecule has 0 radical (unpaired) electrons. The zero-order valence-corrected chi connectivity index (χ0v) is 9.34. The molecule has 3 atom stereocenters. The van der Waals surface area contributed by atoms with Gasteiger partial charge in [0, 0.05) is 12.1 Å². The summed E-state index contributed by atoms with van der Waals surface area (Å²) in [5, 5.41) is 7.23. The summed E-state index contributed by atoms with van der Waals surface area (Å²) in [6.45, 7) is 6.96. The molecule has 0 aromatic carbocycles. The quantitative estimate of drug-likeness (QED) is 0.621. The Kier molecular flexibility index (Phi) is 3.24. The molecule has 2 aliphatic heterocycles. The Morgan fingerprint density at radius 2 is 2.14 bits per heavy atom. The van der Waals surface area contributed by atoms with E-state index < -0.39 is 0 Å². The van der Waals surface area contributed by atoms with Gasteiger partial charge in [0.15, 0.2) is 0 Å². The highest BCUT2D eigenvalue weighted by Crippen LogP contribution is 2.20. The van der Waals surface area contributed by atoms with Gasteiger partial charge in [-0.3, -0.25) is 0 Å². The van der Waals surface area contributed by atoms with E-state index in [1.807, 2.05) is 0 Å². The van der Waals surface area contributed by atoms with Crippen LogP contribution in [0.15, 0.2) is 11.6 Å². The van der Waals surface area contributed by atoms with E-state index in [1.54, 1.807) is 5.57 Å². The highest BCUT2D eigenvalue weighted by Gasteiger charge is 2.25. The van der Waals surface area contributed by atoms with E-state index in [0.717, 1.165) is 12.5 Å². The van der Waals surface area contributed by atoms with E-state index in [4.69, 9.17) is 0 Å². The summed E-state index contributed by atoms with van der Waals surface area (Å²) in [6.07, 6.45) is 6.30. The lowest BCUT2D eigenvalue weighted by atomic mass is 9.88. The molecule has 1 fully saturated rings. The summed E-state index contributed by atoms with van der Waals surface area (Å²) in [7, 11) is 0. The molecule has 3 unspecified atom stereocenters. The third kappa shape index (κ3) is 2.37. The molecule has 0 bridgehead atoms. The molecule has 0 amide bonds. The second-order valence-corrected chi connectivity index (χ2v) is 4.93. The highest BCUT2D eigenvalue weighted by atomic mass is 15.0. The molecule has 0 aromatic heterocycles. The Balaban J connectivity index is 1.96. The second kappa shape index (κ2) is 4.45. The van der Waals surface area contributed by atoms with Gasteiger partial charge in [-0.2, -0.15) is 0 Å². The van der Waals surface area contributed by atoms with Gasteiger partial charge in [0.1, 0.15) is 0 Å². The summed E-state index contributed by atoms with van der Waals surface area (Å²) >= 11 is 0. The summed E-state index contributed by atoms with van der Waals surface area (Å²) in [5.41, 5.74) is 1.55. The predicted octanol–water partition coefficient (Wildman–Crippen LogP) is 1.68. The van der Waals surface area contributed by atoms with Crippen molar-refractivity contribution in [1.29, 1.82) is 0 Å². The fraction of sp³-hybridized carbons (Fsp3) is 0.833. The van der Waals surface area contributed by atoms with Crippen LogP contribution in [0.25, 0.3) is 0 Å². The van der Waals surface area contributed by atoms with E-state index >= 15 is 0 Å². The van der Waals surface area contributed by atoms with Gasteiger partial charge in [-0.1, -0.05) is 18.6 Å². The van der Waals surface area contributed by atoms with Crippen LogP contribution in [0, 0.1) is 5.92 Å². The Labute approximate surface area is 87.2 Å². The number of hydrogen-bond acceptors (Lipinski definition) is 2. The standard InChI is InChI=1S/C12H22N2/c1-9-3-5-13-11(7-9)12-8-10(2)4-6-14-12/h7,10-14H,3-6,8H2,1-2H3. The lowest BCUT2D eigenvalue weighted by Crippen LogP contribution is -2.52. The van der Waals surface area contributed by atoms with Gasteiger partial charge < -0.3 is 10.6 Å². The molecular weight excluding hydrogens is 172 g/mol. The van der Waals surface area contributed by atoms with Crippen molar-refractivity contribution >= 4 is 0 Å². The summed E-state index contributed by atoms with van der Waals surface area (Å²) < 4.78 is 0. The Bertz CT molecular complexity index is 222. The Hall–Kier alpha value is -0.340. The number of piperidine rings is 1. The van der Waals surface area contributed by atoms with Crippen molar-refractivity contribution < 1.29 is 0 Å². The number of nitrogens with one attached hydrogen (secondary N) is 2. The van der Waals surface area contributed by atoms with Gasteiger partial charge >= 0.3 is 0 Å². The summed E-state index contributed by atoms with van der Waals surface area (Å²) in [4.78, 5) is 0. The molecule has 2 nitrogen and oxygen atoms in total. The Morgan fingerprint density at radius 3 is 2.86 bits per heavy atom. The van der Waals surface area contributed by atoms with Gasteiger partial charge in [-0.05, 0) is 45.2 Å². The normalized spacial score (nSPS) is 39.3. The van der Waals surface area contributed by atoms with Crippen molar-refractivity contribution in [1.82, 2.24) is 10.6 Å². The third-order valence-electron chi connectivity index (χ3n) is 3.50. The van der Waals surface area contributed by atoms with Crippen LogP contribution in [-0.2, 0) is 0 Å². The minimum atomic E-state index is 0.575. The average molecular weight is 194 g/mol. The molecule has 0 spiro atoms. The first kappa shape index (κ1) is 10.2. The molecule has 14 heavy (non-hydrogen) atoms. The van der Waals surface area contributed by atoms with Gasteiger partial charge in [-0.15, -0.1) is 0 Å². The van der Waals surface area contributed by atoms with Crippen LogP contribution in [0.3, 0.4) is 0 Å². The van der Waals surface area contributed by atoms with Crippen LogP contribution in [0.2, 0.25) is 0 Å². The van der Waals surface area contributed by atoms with Crippen molar-refractivity contribution in [3.63, 3.8) is 0 Å². The molecule has 2 heterocycles. The smallest absolute Gasteiger partial charge is 0.0408 e. The zero-order valence-electron chi connectivity index (χ0n) is 9.34. The first-order valence-electron chi connectivity index (χ1n) is 5.90. The van der Waals surface area contributed by atoms with E-state index in [0.29, 0.717) is 12.1 Å². The zero-order chi connectivity index (χ0) is 9.97. The maximum atomic E-state index is 3.63. The highest BCUT2D eigenvalue weighted by molar-refractivity contribution is 5.12. The molecular formula is C12H22N2. The van der Waals surface area contributed by atoms with Crippen molar-refractivity contribution in [2.75, 3.05) is 13.1 Å². The predicted molar refractivity (Wildman–Crippen MR) is 60.4 cm³/mol. The first-order chi connectivity index (χ1) is 6.75. The molecule has 0 aromatic rings. The van der Waals surface area contributed by atoms with E-state index in [9.17, 15) is 0 Å². The SMILES string of the molecule is CC1=CC(C2CC(C)CCN2)NCC1. The minimum Gasteiger partial charge on any atom is -0.312 e. The molecule has 0 saturated carbocycles. The van der Waals surface area contributed by atoms with Crippen molar-refractivity contribution in [2.24, 2.45) is 5.92 Å². The minimum absolute atomic E-state index is 0.575. The van der Waals surface area contributed by atoms with Gasteiger partial charge in [0.25, 0.3) is 0 Å². The molecule has 2 N–H and O–H groups in total. The molecule has 2 aliphatic rings. The maximum Gasteiger partial charge on any atom is 0.0408 e. The van der Waals surface area contributed by atoms with Crippen molar-refractivity contribution in [3.05, 3.63) is 11.6 Å². The van der Waals surface area contributed by atoms with E-state index in [2.05, 4.69) is 30.6 Å². The van der Waals surface area contributed by atoms with Crippen LogP contribution in [0.5, 0.6) is 0 Å². The van der Waals surface area contributed by atoms with E-state index in [1.165, 1.54) is 25.8 Å². The fourth-order valence-electron chi connectivity index (χ4n) is 2.57. The van der Waals surface area contributed by atoms with Gasteiger partial charge in [0.05, 0.1) is 0 Å². The molecule has 80 valence electrons. The third-order valence-corrected chi connectivity index (χ3v) is 3.50. The lowest BCUT2D eigenvalue weighted by Gasteiger charge is -2.35. The largest absolute Gasteiger partial charge is 0.312 e. The fourth-order valence-corrected chi connectivity index (χ4v) is 2.57. The molecule has 2 rings (SSSR count). The van der Waals surface area contributed by atoms with Crippen molar-refractivity contribution in [2.45, 2.75) is 45.2 Å². The first-order valence-corrected chi connectivity index (χ1v) is 5.90. The average Bonchev–Trinajstić information content (AvgIpc) is 2.18. The van der Waals surface area contributed by atoms with Crippen LogP contribution in [0.1, 0.15) is 33.1 Å². The maximum absolute atomic E-state index is 3.63. The molecule has 0 aliphatic carbocycles. The monoisotopic (exact) mass is 194 g/mol. The number of hydrogen-bond donors (Lipinski definition) is 2. The van der Waals surface area contributed by atoms with Crippen LogP contribution in [-0.4, -0.2) is 25.2 Å². The molecule has 1 saturated heterocycles.